The summed E-state index contributed by atoms with van der Waals surface area (Å²) in [5.74, 6) is -1.35. The zero-order valence-electron chi connectivity index (χ0n) is 17.7. The first-order valence-corrected chi connectivity index (χ1v) is 9.94. The molecule has 6 nitrogen and oxygen atoms in total. The molecule has 162 valence electrons. The molecule has 6 heteroatoms. The number of hydrogen-bond acceptors (Lipinski definition) is 6. The summed E-state index contributed by atoms with van der Waals surface area (Å²) in [6.45, 7) is 5.98. The molecule has 0 fully saturated rings. The van der Waals surface area contributed by atoms with Crippen LogP contribution in [0.4, 0.5) is 0 Å². The smallest absolute Gasteiger partial charge is 0.193 e. The number of ether oxygens (including phenoxy) is 1. The summed E-state index contributed by atoms with van der Waals surface area (Å²) in [6.07, 6.45) is 9.57. The van der Waals surface area contributed by atoms with Crippen LogP contribution in [0.2, 0.25) is 0 Å². The minimum absolute atomic E-state index is 0.0701. The quantitative estimate of drug-likeness (QED) is 0.217. The number of phenols is 4. The average molecular weight is 422 g/mol. The number of aromatic hydroxyl groups is 4. The van der Waals surface area contributed by atoms with Crippen LogP contribution in [0, 0.1) is 0 Å². The van der Waals surface area contributed by atoms with Gasteiger partial charge in [0, 0.05) is 11.6 Å². The standard InChI is InChI=1S/C25H26O6/c1-15(2)5-4-11-25(3)12-10-18-22(31-25)14-21(29)23(24(18)30)20(28)8-6-16-13-17(26)7-9-19(16)27/h5-10,12-14,26-27,29-30H,4,11H2,1-3H3/b8-6+. The van der Waals surface area contributed by atoms with E-state index in [-0.39, 0.29) is 28.4 Å². The highest BCUT2D eigenvalue weighted by Crippen LogP contribution is 2.44. The number of allylic oxidation sites excluding steroid dienone is 3. The van der Waals surface area contributed by atoms with E-state index < -0.39 is 17.1 Å². The van der Waals surface area contributed by atoms with Crippen LogP contribution in [0.25, 0.3) is 12.2 Å². The van der Waals surface area contributed by atoms with Crippen LogP contribution in [0.5, 0.6) is 28.7 Å². The van der Waals surface area contributed by atoms with Gasteiger partial charge >= 0.3 is 0 Å². The SMILES string of the molecule is CC(C)=CCCC1(C)C=Cc2c(cc(O)c(C(=O)/C=C/c3cc(O)ccc3O)c2O)O1. The molecule has 0 saturated heterocycles. The van der Waals surface area contributed by atoms with Gasteiger partial charge in [-0.3, -0.25) is 4.79 Å². The molecule has 0 aromatic heterocycles. The number of ketones is 1. The molecular formula is C25H26O6. The number of fused-ring (bicyclic) bond motifs is 1. The largest absolute Gasteiger partial charge is 0.508 e. The van der Waals surface area contributed by atoms with Gasteiger partial charge in [0.25, 0.3) is 0 Å². The number of carbonyl (C=O) groups excluding carboxylic acids is 1. The van der Waals surface area contributed by atoms with Crippen LogP contribution >= 0.6 is 0 Å². The highest BCUT2D eigenvalue weighted by molar-refractivity contribution is 6.11. The molecule has 0 radical (unpaired) electrons. The topological polar surface area (TPSA) is 107 Å². The van der Waals surface area contributed by atoms with E-state index >= 15 is 0 Å². The van der Waals surface area contributed by atoms with Crippen LogP contribution in [-0.2, 0) is 0 Å². The first kappa shape index (κ1) is 22.0. The van der Waals surface area contributed by atoms with Gasteiger partial charge in [-0.05, 0) is 76.1 Å². The van der Waals surface area contributed by atoms with Crippen molar-refractivity contribution in [3.05, 3.63) is 64.8 Å². The minimum Gasteiger partial charge on any atom is -0.508 e. The molecule has 1 aliphatic rings. The Morgan fingerprint density at radius 1 is 1.10 bits per heavy atom. The summed E-state index contributed by atoms with van der Waals surface area (Å²) in [5.41, 5.74) is 0.885. The van der Waals surface area contributed by atoms with E-state index in [2.05, 4.69) is 6.08 Å². The number of carbonyl (C=O) groups is 1. The fourth-order valence-electron chi connectivity index (χ4n) is 3.39. The van der Waals surface area contributed by atoms with Crippen LogP contribution in [0.3, 0.4) is 0 Å². The summed E-state index contributed by atoms with van der Waals surface area (Å²) in [6, 6.07) is 5.22. The van der Waals surface area contributed by atoms with Crippen molar-refractivity contribution in [1.82, 2.24) is 0 Å². The van der Waals surface area contributed by atoms with Gasteiger partial charge in [-0.1, -0.05) is 11.6 Å². The second kappa shape index (κ2) is 8.60. The number of benzene rings is 2. The maximum Gasteiger partial charge on any atom is 0.193 e. The molecule has 0 bridgehead atoms. The Bertz CT molecular complexity index is 1110. The van der Waals surface area contributed by atoms with Gasteiger partial charge in [0.05, 0.1) is 5.56 Å². The molecule has 2 aromatic carbocycles. The Balaban J connectivity index is 1.88. The number of phenolic OH excluding ortho intramolecular Hbond substituents is 4. The normalized spacial score (nSPS) is 17.3. The molecule has 4 N–H and O–H groups in total. The lowest BCUT2D eigenvalue weighted by atomic mass is 9.92. The van der Waals surface area contributed by atoms with Crippen molar-refractivity contribution < 1.29 is 30.0 Å². The number of hydrogen-bond donors (Lipinski definition) is 4. The van der Waals surface area contributed by atoms with Crippen LogP contribution in [-0.4, -0.2) is 31.8 Å². The summed E-state index contributed by atoms with van der Waals surface area (Å²) < 4.78 is 6.03. The molecule has 0 spiro atoms. The monoisotopic (exact) mass is 422 g/mol. The van der Waals surface area contributed by atoms with E-state index in [1.165, 1.54) is 35.9 Å². The molecular weight excluding hydrogens is 396 g/mol. The summed E-state index contributed by atoms with van der Waals surface area (Å²) in [7, 11) is 0. The third kappa shape index (κ3) is 4.91. The van der Waals surface area contributed by atoms with Gasteiger partial charge < -0.3 is 25.2 Å². The molecule has 1 heterocycles. The Morgan fingerprint density at radius 3 is 2.55 bits per heavy atom. The Labute approximate surface area is 181 Å². The summed E-state index contributed by atoms with van der Waals surface area (Å²) in [4.78, 5) is 12.7. The predicted molar refractivity (Wildman–Crippen MR) is 120 cm³/mol. The zero-order valence-corrected chi connectivity index (χ0v) is 17.7. The second-order valence-corrected chi connectivity index (χ2v) is 8.04. The third-order valence-electron chi connectivity index (χ3n) is 5.09. The van der Waals surface area contributed by atoms with Gasteiger partial charge in [-0.25, -0.2) is 0 Å². The molecule has 31 heavy (non-hydrogen) atoms. The third-order valence-corrected chi connectivity index (χ3v) is 5.09. The fourth-order valence-corrected chi connectivity index (χ4v) is 3.39. The molecule has 1 aliphatic heterocycles. The maximum atomic E-state index is 12.7. The zero-order chi connectivity index (χ0) is 22.8. The lowest BCUT2D eigenvalue weighted by Crippen LogP contribution is -2.31. The lowest BCUT2D eigenvalue weighted by Gasteiger charge is -2.32. The molecule has 1 atom stereocenters. The molecule has 2 aromatic rings. The van der Waals surface area contributed by atoms with Crippen molar-refractivity contribution in [2.45, 2.75) is 39.2 Å². The maximum absolute atomic E-state index is 12.7. The van der Waals surface area contributed by atoms with E-state index in [4.69, 9.17) is 4.74 Å². The molecule has 3 rings (SSSR count). The molecule has 0 saturated carbocycles. The first-order valence-electron chi connectivity index (χ1n) is 9.94. The average Bonchev–Trinajstić information content (AvgIpc) is 2.68. The number of rotatable bonds is 6. The van der Waals surface area contributed by atoms with Crippen LogP contribution in [0.1, 0.15) is 55.1 Å². The van der Waals surface area contributed by atoms with Gasteiger partial charge in [0.1, 0.15) is 39.9 Å². The van der Waals surface area contributed by atoms with E-state index in [1.807, 2.05) is 26.8 Å². The van der Waals surface area contributed by atoms with Crippen LogP contribution < -0.4 is 4.74 Å². The first-order chi connectivity index (χ1) is 14.6. The highest BCUT2D eigenvalue weighted by atomic mass is 16.5. The Kier molecular flexibility index (Phi) is 6.11. The van der Waals surface area contributed by atoms with Crippen LogP contribution in [0.15, 0.2) is 48.1 Å². The predicted octanol–water partition coefficient (Wildman–Crippen LogP) is 5.32. The Hall–Kier alpha value is -3.67. The Morgan fingerprint density at radius 2 is 1.84 bits per heavy atom. The van der Waals surface area contributed by atoms with Crippen molar-refractivity contribution in [2.75, 3.05) is 0 Å². The van der Waals surface area contributed by atoms with E-state index in [0.29, 0.717) is 17.7 Å². The summed E-state index contributed by atoms with van der Waals surface area (Å²) in [5, 5.41) is 40.4. The molecule has 1 unspecified atom stereocenters. The van der Waals surface area contributed by atoms with Gasteiger partial charge in [0.15, 0.2) is 5.78 Å². The van der Waals surface area contributed by atoms with E-state index in [9.17, 15) is 25.2 Å². The van der Waals surface area contributed by atoms with Gasteiger partial charge in [0.2, 0.25) is 0 Å². The van der Waals surface area contributed by atoms with E-state index in [0.717, 1.165) is 12.5 Å². The second-order valence-electron chi connectivity index (χ2n) is 8.04. The van der Waals surface area contributed by atoms with Crippen molar-refractivity contribution in [3.8, 4) is 28.7 Å². The van der Waals surface area contributed by atoms with Gasteiger partial charge in [-0.2, -0.15) is 0 Å². The highest BCUT2D eigenvalue weighted by Gasteiger charge is 2.30. The van der Waals surface area contributed by atoms with Crippen molar-refractivity contribution >= 4 is 17.9 Å². The van der Waals surface area contributed by atoms with Crippen molar-refractivity contribution in [2.24, 2.45) is 0 Å². The summed E-state index contributed by atoms with van der Waals surface area (Å²) >= 11 is 0. The van der Waals surface area contributed by atoms with E-state index in [1.54, 1.807) is 6.08 Å². The van der Waals surface area contributed by atoms with Gasteiger partial charge in [-0.15, -0.1) is 0 Å². The van der Waals surface area contributed by atoms with Crippen molar-refractivity contribution in [1.29, 1.82) is 0 Å². The van der Waals surface area contributed by atoms with Crippen molar-refractivity contribution in [3.63, 3.8) is 0 Å². The molecule has 0 amide bonds. The minimum atomic E-state index is -0.661. The lowest BCUT2D eigenvalue weighted by molar-refractivity contribution is 0.104. The molecule has 0 aliphatic carbocycles. The fraction of sp³-hybridized carbons (Fsp3) is 0.240.